The Labute approximate surface area is 114 Å². The third kappa shape index (κ3) is 3.08. The molecule has 100 valence electrons. The molecule has 2 rings (SSSR count). The summed E-state index contributed by atoms with van der Waals surface area (Å²) in [5.41, 5.74) is 1.49. The van der Waals surface area contributed by atoms with Crippen LogP contribution in [0.1, 0.15) is 25.9 Å². The Kier molecular flexibility index (Phi) is 3.80. The molecule has 0 saturated heterocycles. The van der Waals surface area contributed by atoms with Crippen LogP contribution in [-0.4, -0.2) is 20.6 Å². The first-order valence-electron chi connectivity index (χ1n) is 5.84. The molecule has 0 aliphatic rings. The predicted molar refractivity (Wildman–Crippen MR) is 73.0 cm³/mol. The number of nitrogens with zero attached hydrogens (tertiary/aromatic N) is 2. The molecule has 2 heterocycles. The Bertz CT molecular complexity index is 673. The zero-order chi connectivity index (χ0) is 14.0. The van der Waals surface area contributed by atoms with E-state index in [2.05, 4.69) is 4.98 Å². The van der Waals surface area contributed by atoms with Gasteiger partial charge in [0.25, 0.3) is 5.56 Å². The van der Waals surface area contributed by atoms with Crippen LogP contribution in [0.4, 0.5) is 0 Å². The smallest absolute Gasteiger partial charge is 0.347 e. The Hall–Kier alpha value is -1.95. The molecule has 5 nitrogen and oxygen atoms in total. The van der Waals surface area contributed by atoms with E-state index in [4.69, 9.17) is 5.11 Å². The number of hydrogen-bond acceptors (Lipinski definition) is 4. The van der Waals surface area contributed by atoms with Crippen molar-refractivity contribution in [2.45, 2.75) is 26.8 Å². The summed E-state index contributed by atoms with van der Waals surface area (Å²) in [7, 11) is 0. The molecule has 0 amide bonds. The van der Waals surface area contributed by atoms with Gasteiger partial charge >= 0.3 is 5.97 Å². The van der Waals surface area contributed by atoms with E-state index in [1.54, 1.807) is 23.8 Å². The fourth-order valence-corrected chi connectivity index (χ4v) is 2.69. The molecule has 1 N–H and O–H groups in total. The molecule has 6 heteroatoms. The molecule has 0 atom stereocenters. The van der Waals surface area contributed by atoms with E-state index in [1.807, 2.05) is 6.92 Å². The predicted octanol–water partition coefficient (Wildman–Crippen LogP) is 1.86. The van der Waals surface area contributed by atoms with Gasteiger partial charge in [-0.3, -0.25) is 4.79 Å². The Morgan fingerprint density at radius 2 is 2.16 bits per heavy atom. The highest BCUT2D eigenvalue weighted by Crippen LogP contribution is 2.18. The third-order valence-electron chi connectivity index (χ3n) is 2.73. The Balaban J connectivity index is 2.15. The van der Waals surface area contributed by atoms with Crippen LogP contribution in [0.2, 0.25) is 0 Å². The highest BCUT2D eigenvalue weighted by Gasteiger charge is 2.13. The van der Waals surface area contributed by atoms with Crippen LogP contribution >= 0.6 is 11.3 Å². The van der Waals surface area contributed by atoms with Gasteiger partial charge in [-0.05, 0) is 19.4 Å². The first-order valence-corrected chi connectivity index (χ1v) is 6.65. The first-order chi connectivity index (χ1) is 8.97. The van der Waals surface area contributed by atoms with Crippen LogP contribution in [0.3, 0.4) is 0 Å². The van der Waals surface area contributed by atoms with E-state index in [-0.39, 0.29) is 10.4 Å². The maximum absolute atomic E-state index is 11.6. The quantitative estimate of drug-likeness (QED) is 0.926. The minimum Gasteiger partial charge on any atom is -0.477 e. The number of carboxylic acids is 1. The van der Waals surface area contributed by atoms with Crippen LogP contribution in [0.15, 0.2) is 23.1 Å². The third-order valence-corrected chi connectivity index (χ3v) is 3.94. The summed E-state index contributed by atoms with van der Waals surface area (Å²) in [6.07, 6.45) is 2.35. The van der Waals surface area contributed by atoms with Gasteiger partial charge in [0.15, 0.2) is 0 Å². The second-order valence-electron chi connectivity index (χ2n) is 4.32. The molecule has 0 bridgehead atoms. The molecule has 0 saturated carbocycles. The van der Waals surface area contributed by atoms with Gasteiger partial charge in [0.05, 0.1) is 10.7 Å². The molecule has 0 spiro atoms. The van der Waals surface area contributed by atoms with Crippen molar-refractivity contribution < 1.29 is 9.90 Å². The summed E-state index contributed by atoms with van der Waals surface area (Å²) in [6, 6.07) is 3.31. The highest BCUT2D eigenvalue weighted by molar-refractivity contribution is 7.13. The average Bonchev–Trinajstić information content (AvgIpc) is 2.72. The normalized spacial score (nSPS) is 10.6. The molecule has 0 aromatic carbocycles. The number of hydrogen-bond donors (Lipinski definition) is 1. The topological polar surface area (TPSA) is 72.2 Å². The first kappa shape index (κ1) is 13.5. The summed E-state index contributed by atoms with van der Waals surface area (Å²) in [5.74, 6) is -0.950. The van der Waals surface area contributed by atoms with Gasteiger partial charge in [0.1, 0.15) is 4.88 Å². The van der Waals surface area contributed by atoms with Crippen LogP contribution < -0.4 is 5.56 Å². The van der Waals surface area contributed by atoms with Crippen molar-refractivity contribution in [3.8, 4) is 0 Å². The Morgan fingerprint density at radius 3 is 2.79 bits per heavy atom. The number of pyridine rings is 1. The molecule has 0 aliphatic carbocycles. The molecule has 0 aliphatic heterocycles. The molecule has 0 unspecified atom stereocenters. The lowest BCUT2D eigenvalue weighted by atomic mass is 10.3. The summed E-state index contributed by atoms with van der Waals surface area (Å²) < 4.78 is 1.62. The zero-order valence-electron chi connectivity index (χ0n) is 10.7. The number of aryl methyl sites for hydroxylation is 4. The number of carboxylic acid groups (broad SMARTS) is 1. The summed E-state index contributed by atoms with van der Waals surface area (Å²) in [4.78, 5) is 27.0. The van der Waals surface area contributed by atoms with Crippen molar-refractivity contribution in [2.24, 2.45) is 0 Å². The summed E-state index contributed by atoms with van der Waals surface area (Å²) >= 11 is 1.17. The molecule has 2 aromatic heterocycles. The lowest BCUT2D eigenvalue weighted by molar-refractivity contribution is 0.0701. The van der Waals surface area contributed by atoms with Crippen molar-refractivity contribution in [1.82, 2.24) is 9.55 Å². The molecule has 2 aromatic rings. The minimum atomic E-state index is -0.950. The molecule has 19 heavy (non-hydrogen) atoms. The summed E-state index contributed by atoms with van der Waals surface area (Å²) in [6.45, 7) is 4.11. The van der Waals surface area contributed by atoms with Gasteiger partial charge < -0.3 is 9.67 Å². The van der Waals surface area contributed by atoms with Crippen LogP contribution in [0.5, 0.6) is 0 Å². The summed E-state index contributed by atoms with van der Waals surface area (Å²) in [5, 5.41) is 9.70. The van der Waals surface area contributed by atoms with Crippen molar-refractivity contribution >= 4 is 17.3 Å². The van der Waals surface area contributed by atoms with E-state index in [9.17, 15) is 9.59 Å². The van der Waals surface area contributed by atoms with E-state index < -0.39 is 5.97 Å². The van der Waals surface area contributed by atoms with Crippen LogP contribution in [0, 0.1) is 13.8 Å². The lowest BCUT2D eigenvalue weighted by Gasteiger charge is -2.04. The monoisotopic (exact) mass is 278 g/mol. The van der Waals surface area contributed by atoms with E-state index >= 15 is 0 Å². The average molecular weight is 278 g/mol. The largest absolute Gasteiger partial charge is 0.477 e. The van der Waals surface area contributed by atoms with Crippen molar-refractivity contribution in [3.63, 3.8) is 0 Å². The fraction of sp³-hybridized carbons (Fsp3) is 0.308. The second-order valence-corrected chi connectivity index (χ2v) is 5.40. The van der Waals surface area contributed by atoms with Crippen molar-refractivity contribution in [2.75, 3.05) is 0 Å². The number of rotatable bonds is 4. The molecular formula is C13H14N2O3S. The molecular weight excluding hydrogens is 264 g/mol. The molecule has 0 radical (unpaired) electrons. The lowest BCUT2D eigenvalue weighted by Crippen LogP contribution is -2.19. The standard InChI is InChI=1S/C13H14N2O3S/c1-8-3-4-11(16)15(7-8)6-5-10-14-9(2)12(19-10)13(17)18/h3-4,7H,5-6H2,1-2H3,(H,17,18). The zero-order valence-corrected chi connectivity index (χ0v) is 11.5. The maximum Gasteiger partial charge on any atom is 0.347 e. The maximum atomic E-state index is 11.6. The van der Waals surface area contributed by atoms with Gasteiger partial charge in [-0.25, -0.2) is 9.78 Å². The fourth-order valence-electron chi connectivity index (χ4n) is 1.80. The van der Waals surface area contributed by atoms with E-state index in [1.165, 1.54) is 17.4 Å². The molecule has 0 fully saturated rings. The van der Waals surface area contributed by atoms with Crippen LogP contribution in [0.25, 0.3) is 0 Å². The van der Waals surface area contributed by atoms with Gasteiger partial charge in [0.2, 0.25) is 0 Å². The van der Waals surface area contributed by atoms with Crippen LogP contribution in [-0.2, 0) is 13.0 Å². The second kappa shape index (κ2) is 5.36. The number of thiazole rings is 1. The van der Waals surface area contributed by atoms with E-state index in [0.717, 1.165) is 10.6 Å². The number of aromatic nitrogens is 2. The number of carbonyl (C=O) groups is 1. The van der Waals surface area contributed by atoms with E-state index in [0.29, 0.717) is 18.7 Å². The SMILES string of the molecule is Cc1ccc(=O)n(CCc2nc(C)c(C(=O)O)s2)c1. The highest BCUT2D eigenvalue weighted by atomic mass is 32.1. The van der Waals surface area contributed by atoms with Crippen molar-refractivity contribution in [3.05, 3.63) is 49.8 Å². The minimum absolute atomic E-state index is 0.0580. The van der Waals surface area contributed by atoms with Crippen molar-refractivity contribution in [1.29, 1.82) is 0 Å². The van der Waals surface area contributed by atoms with Gasteiger partial charge in [-0.1, -0.05) is 6.07 Å². The van der Waals surface area contributed by atoms with Gasteiger partial charge in [-0.2, -0.15) is 0 Å². The Morgan fingerprint density at radius 1 is 1.42 bits per heavy atom. The number of aromatic carboxylic acids is 1. The van der Waals surface area contributed by atoms with Gasteiger partial charge in [-0.15, -0.1) is 11.3 Å². The van der Waals surface area contributed by atoms with Gasteiger partial charge in [0, 0.05) is 25.2 Å².